The van der Waals surface area contributed by atoms with E-state index in [1.807, 2.05) is 17.7 Å². The molecule has 0 spiro atoms. The van der Waals surface area contributed by atoms with Crippen LogP contribution in [-0.4, -0.2) is 35.3 Å². The molecule has 2 heterocycles. The van der Waals surface area contributed by atoms with Gasteiger partial charge in [-0.1, -0.05) is 27.2 Å². The number of hydrogen-bond acceptors (Lipinski definition) is 6. The highest BCUT2D eigenvalue weighted by molar-refractivity contribution is 7.20. The smallest absolute Gasteiger partial charge is 0.279 e. The number of rotatable bonds is 9. The van der Waals surface area contributed by atoms with Crippen molar-refractivity contribution in [2.45, 2.75) is 47.1 Å². The van der Waals surface area contributed by atoms with E-state index < -0.39 is 5.91 Å². The zero-order chi connectivity index (χ0) is 23.3. The number of hydrazine groups is 1. The SMILES string of the molecule is CCCCOc1ccc(C(=O)NNC(=O)c2cc3c(C)nn(CC(C)C)c3s2)cc1OC. The van der Waals surface area contributed by atoms with Crippen LogP contribution < -0.4 is 20.3 Å². The van der Waals surface area contributed by atoms with Crippen LogP contribution in [0.3, 0.4) is 0 Å². The molecule has 32 heavy (non-hydrogen) atoms. The lowest BCUT2D eigenvalue weighted by Crippen LogP contribution is -2.41. The molecule has 0 aliphatic heterocycles. The van der Waals surface area contributed by atoms with E-state index in [1.165, 1.54) is 18.4 Å². The molecule has 0 unspecified atom stereocenters. The minimum absolute atomic E-state index is 0.352. The fourth-order valence-corrected chi connectivity index (χ4v) is 4.26. The molecule has 0 saturated carbocycles. The molecule has 0 radical (unpaired) electrons. The minimum Gasteiger partial charge on any atom is -0.493 e. The maximum absolute atomic E-state index is 12.6. The Morgan fingerprint density at radius 1 is 1.16 bits per heavy atom. The number of aromatic nitrogens is 2. The topological polar surface area (TPSA) is 94.5 Å². The van der Waals surface area contributed by atoms with Crippen LogP contribution in [0.15, 0.2) is 24.3 Å². The number of aryl methyl sites for hydroxylation is 1. The first-order chi connectivity index (χ1) is 15.3. The van der Waals surface area contributed by atoms with E-state index in [-0.39, 0.29) is 5.91 Å². The molecule has 172 valence electrons. The molecule has 0 saturated heterocycles. The predicted octanol–water partition coefficient (Wildman–Crippen LogP) is 4.32. The fraction of sp³-hybridized carbons (Fsp3) is 0.435. The quantitative estimate of drug-likeness (QED) is 0.368. The van der Waals surface area contributed by atoms with Gasteiger partial charge < -0.3 is 9.47 Å². The Hall–Kier alpha value is -3.07. The Balaban J connectivity index is 1.66. The summed E-state index contributed by atoms with van der Waals surface area (Å²) >= 11 is 1.36. The lowest BCUT2D eigenvalue weighted by Gasteiger charge is -2.12. The van der Waals surface area contributed by atoms with Crippen LogP contribution in [0.2, 0.25) is 0 Å². The second-order valence-corrected chi connectivity index (χ2v) is 9.00. The summed E-state index contributed by atoms with van der Waals surface area (Å²) in [5.74, 6) is 0.672. The van der Waals surface area contributed by atoms with Gasteiger partial charge in [0.15, 0.2) is 11.5 Å². The molecular formula is C23H30N4O4S. The van der Waals surface area contributed by atoms with E-state index in [4.69, 9.17) is 9.47 Å². The lowest BCUT2D eigenvalue weighted by atomic mass is 10.2. The summed E-state index contributed by atoms with van der Waals surface area (Å²) < 4.78 is 13.0. The predicted molar refractivity (Wildman–Crippen MR) is 126 cm³/mol. The third-order valence-electron chi connectivity index (χ3n) is 4.84. The van der Waals surface area contributed by atoms with E-state index in [2.05, 4.69) is 36.7 Å². The van der Waals surface area contributed by atoms with Crippen molar-refractivity contribution >= 4 is 33.4 Å². The van der Waals surface area contributed by atoms with Gasteiger partial charge in [0.25, 0.3) is 11.8 Å². The van der Waals surface area contributed by atoms with Crippen LogP contribution in [0.4, 0.5) is 0 Å². The van der Waals surface area contributed by atoms with Crippen molar-refractivity contribution in [2.75, 3.05) is 13.7 Å². The van der Waals surface area contributed by atoms with Crippen molar-refractivity contribution in [1.82, 2.24) is 20.6 Å². The van der Waals surface area contributed by atoms with Crippen molar-refractivity contribution in [2.24, 2.45) is 5.92 Å². The largest absolute Gasteiger partial charge is 0.493 e. The zero-order valence-electron chi connectivity index (χ0n) is 19.2. The first-order valence-electron chi connectivity index (χ1n) is 10.7. The van der Waals surface area contributed by atoms with Crippen molar-refractivity contribution in [3.63, 3.8) is 0 Å². The number of nitrogens with one attached hydrogen (secondary N) is 2. The summed E-state index contributed by atoms with van der Waals surface area (Å²) in [5, 5.41) is 5.51. The van der Waals surface area contributed by atoms with Crippen molar-refractivity contribution in [3.8, 4) is 11.5 Å². The Kier molecular flexibility index (Phi) is 7.74. The highest BCUT2D eigenvalue weighted by Crippen LogP contribution is 2.29. The van der Waals surface area contributed by atoms with Gasteiger partial charge in [0, 0.05) is 17.5 Å². The second-order valence-electron chi connectivity index (χ2n) is 7.97. The molecule has 2 N–H and O–H groups in total. The average Bonchev–Trinajstić information content (AvgIpc) is 3.33. The number of benzene rings is 1. The lowest BCUT2D eigenvalue weighted by molar-refractivity contribution is 0.0848. The van der Waals surface area contributed by atoms with Gasteiger partial charge >= 0.3 is 0 Å². The highest BCUT2D eigenvalue weighted by Gasteiger charge is 2.18. The van der Waals surface area contributed by atoms with Crippen LogP contribution in [0, 0.1) is 12.8 Å². The van der Waals surface area contributed by atoms with E-state index >= 15 is 0 Å². The van der Waals surface area contributed by atoms with E-state index in [9.17, 15) is 9.59 Å². The molecule has 0 bridgehead atoms. The summed E-state index contributed by atoms with van der Waals surface area (Å²) in [7, 11) is 1.52. The molecule has 0 fully saturated rings. The van der Waals surface area contributed by atoms with E-state index in [0.29, 0.717) is 34.5 Å². The Bertz CT molecular complexity index is 1100. The summed E-state index contributed by atoms with van der Waals surface area (Å²) in [4.78, 5) is 26.6. The number of hydrogen-bond donors (Lipinski definition) is 2. The van der Waals surface area contributed by atoms with Crippen LogP contribution in [0.5, 0.6) is 11.5 Å². The molecule has 3 aromatic rings. The van der Waals surface area contributed by atoms with Gasteiger partial charge in [0.1, 0.15) is 4.83 Å². The van der Waals surface area contributed by atoms with Crippen LogP contribution >= 0.6 is 11.3 Å². The Morgan fingerprint density at radius 2 is 1.91 bits per heavy atom. The molecule has 0 aliphatic rings. The van der Waals surface area contributed by atoms with Crippen molar-refractivity contribution in [3.05, 3.63) is 40.4 Å². The van der Waals surface area contributed by atoms with Gasteiger partial charge in [-0.3, -0.25) is 25.1 Å². The minimum atomic E-state index is -0.444. The van der Waals surface area contributed by atoms with Gasteiger partial charge in [-0.2, -0.15) is 5.10 Å². The van der Waals surface area contributed by atoms with Gasteiger partial charge in [0.05, 0.1) is 24.3 Å². The number of carbonyl (C=O) groups is 2. The molecule has 8 nitrogen and oxygen atoms in total. The van der Waals surface area contributed by atoms with Crippen molar-refractivity contribution < 1.29 is 19.1 Å². The Morgan fingerprint density at radius 3 is 2.59 bits per heavy atom. The van der Waals surface area contributed by atoms with Gasteiger partial charge in [-0.05, 0) is 43.5 Å². The molecule has 0 atom stereocenters. The molecule has 2 aromatic heterocycles. The molecule has 0 aliphatic carbocycles. The third kappa shape index (κ3) is 5.40. The van der Waals surface area contributed by atoms with Crippen LogP contribution in [0.25, 0.3) is 10.2 Å². The van der Waals surface area contributed by atoms with E-state index in [1.54, 1.807) is 18.2 Å². The van der Waals surface area contributed by atoms with E-state index in [0.717, 1.165) is 35.3 Å². The summed E-state index contributed by atoms with van der Waals surface area (Å²) in [6.07, 6.45) is 1.96. The summed E-state index contributed by atoms with van der Waals surface area (Å²) in [6, 6.07) is 6.73. The number of thiophene rings is 1. The molecule has 9 heteroatoms. The molecular weight excluding hydrogens is 428 g/mol. The maximum atomic E-state index is 12.6. The number of carbonyl (C=O) groups excluding carboxylic acids is 2. The zero-order valence-corrected chi connectivity index (χ0v) is 20.0. The second kappa shape index (κ2) is 10.5. The Labute approximate surface area is 191 Å². The van der Waals surface area contributed by atoms with Gasteiger partial charge in [-0.25, -0.2) is 0 Å². The summed E-state index contributed by atoms with van der Waals surface area (Å²) in [6.45, 7) is 9.62. The molecule has 1 aromatic carbocycles. The first kappa shape index (κ1) is 23.6. The number of amides is 2. The van der Waals surface area contributed by atoms with Crippen LogP contribution in [-0.2, 0) is 6.54 Å². The van der Waals surface area contributed by atoms with Gasteiger partial charge in [0.2, 0.25) is 0 Å². The van der Waals surface area contributed by atoms with Crippen LogP contribution in [0.1, 0.15) is 59.3 Å². The number of fused-ring (bicyclic) bond motifs is 1. The molecule has 3 rings (SSSR count). The highest BCUT2D eigenvalue weighted by atomic mass is 32.1. The summed E-state index contributed by atoms with van der Waals surface area (Å²) in [5.41, 5.74) is 6.19. The number of nitrogens with zero attached hydrogens (tertiary/aromatic N) is 2. The normalized spacial score (nSPS) is 11.1. The van der Waals surface area contributed by atoms with Gasteiger partial charge in [-0.15, -0.1) is 11.3 Å². The maximum Gasteiger partial charge on any atom is 0.279 e. The molecule has 2 amide bonds. The number of methoxy groups -OCH3 is 1. The number of ether oxygens (including phenoxy) is 2. The monoisotopic (exact) mass is 458 g/mol. The average molecular weight is 459 g/mol. The standard InChI is InChI=1S/C23H30N4O4S/c1-6-7-10-31-18-9-8-16(11-19(18)30-5)21(28)24-25-22(29)20-12-17-15(4)26-27(13-14(2)3)23(17)32-20/h8-9,11-12,14H,6-7,10,13H2,1-5H3,(H,24,28)(H,25,29). The number of unbranched alkanes of at least 4 members (excludes halogenated alkanes) is 1. The third-order valence-corrected chi connectivity index (χ3v) is 5.99. The fourth-order valence-electron chi connectivity index (χ4n) is 3.20. The van der Waals surface area contributed by atoms with Crippen molar-refractivity contribution in [1.29, 1.82) is 0 Å². The first-order valence-corrected chi connectivity index (χ1v) is 11.5.